The third-order valence-corrected chi connectivity index (χ3v) is 13.8. The van der Waals surface area contributed by atoms with Crippen LogP contribution in [0.15, 0.2) is 122 Å². The predicted octanol–water partition coefficient (Wildman–Crippen LogP) is 9.12. The van der Waals surface area contributed by atoms with E-state index in [1.807, 2.05) is 0 Å². The van der Waals surface area contributed by atoms with E-state index in [1.165, 1.54) is 0 Å². The van der Waals surface area contributed by atoms with Gasteiger partial charge in [0.25, 0.3) is 0 Å². The summed E-state index contributed by atoms with van der Waals surface area (Å²) in [6.07, 6.45) is 36.8. The van der Waals surface area contributed by atoms with Crippen LogP contribution in [-0.2, 0) is 26.2 Å². The first-order valence-electron chi connectivity index (χ1n) is 26.1. The molecule has 0 aromatic carbocycles. The van der Waals surface area contributed by atoms with Crippen molar-refractivity contribution in [3.8, 4) is 44.5 Å². The molecular weight excluding hydrogens is 897 g/mol. The molecule has 0 fully saturated rings. The molecule has 0 aliphatic carbocycles. The maximum atomic E-state index is 9.36. The van der Waals surface area contributed by atoms with Crippen LogP contribution in [0, 0.1) is 0 Å². The quantitative estimate of drug-likeness (QED) is 0.0263. The number of aliphatic hydroxyl groups is 4. The van der Waals surface area contributed by atoms with Gasteiger partial charge in [0, 0.05) is 145 Å². The highest BCUT2D eigenvalue weighted by Gasteiger charge is 2.21. The van der Waals surface area contributed by atoms with Crippen molar-refractivity contribution in [3.05, 3.63) is 145 Å². The average molecular weight is 967 g/mol. The highest BCUT2D eigenvalue weighted by Crippen LogP contribution is 2.38. The summed E-state index contributed by atoms with van der Waals surface area (Å²) >= 11 is 0. The third-order valence-electron chi connectivity index (χ3n) is 13.8. The SMILES string of the molecule is OCCCCC[n+]1ccc(-c2c3nc(c(-c4cc[n+](CCCCCO)cc4)c4ccc([nH]4)c(-c4cc[n+](CCCCCO)cc4)c4ccc([nH]4)c(-c4cc[n+](CCCCCO)cc4)c4nc2C=C4)C=C3)cc1. The zero-order valence-corrected chi connectivity index (χ0v) is 41.5. The molecule has 9 rings (SSSR count). The minimum Gasteiger partial charge on any atom is -0.396 e. The Morgan fingerprint density at radius 1 is 0.292 bits per heavy atom. The number of aromatic amines is 2. The number of nitrogens with zero attached hydrogens (tertiary/aromatic N) is 6. The zero-order valence-electron chi connectivity index (χ0n) is 41.5. The fourth-order valence-electron chi connectivity index (χ4n) is 9.84. The van der Waals surface area contributed by atoms with E-state index in [1.54, 1.807) is 0 Å². The van der Waals surface area contributed by atoms with Gasteiger partial charge in [-0.05, 0) is 122 Å². The number of aromatic nitrogens is 8. The molecule has 0 spiro atoms. The minimum atomic E-state index is 0.216. The molecule has 2 aliphatic rings. The number of pyridine rings is 4. The second-order valence-electron chi connectivity index (χ2n) is 18.9. The van der Waals surface area contributed by atoms with Crippen LogP contribution in [0.2, 0.25) is 0 Å². The summed E-state index contributed by atoms with van der Waals surface area (Å²) in [5.41, 5.74) is 15.3. The Labute approximate surface area is 422 Å². The second-order valence-corrected chi connectivity index (χ2v) is 18.9. The summed E-state index contributed by atoms with van der Waals surface area (Å²) < 4.78 is 8.84. The van der Waals surface area contributed by atoms with E-state index in [2.05, 4.69) is 175 Å². The van der Waals surface area contributed by atoms with E-state index in [-0.39, 0.29) is 26.4 Å². The zero-order chi connectivity index (χ0) is 49.5. The monoisotopic (exact) mass is 967 g/mol. The summed E-state index contributed by atoms with van der Waals surface area (Å²) in [4.78, 5) is 18.9. The van der Waals surface area contributed by atoms with E-state index in [9.17, 15) is 20.4 Å². The van der Waals surface area contributed by atoms with Crippen LogP contribution in [0.5, 0.6) is 0 Å². The van der Waals surface area contributed by atoms with Gasteiger partial charge < -0.3 is 30.4 Å². The lowest BCUT2D eigenvalue weighted by Gasteiger charge is -2.07. The second kappa shape index (κ2) is 24.9. The Morgan fingerprint density at radius 3 is 0.833 bits per heavy atom. The van der Waals surface area contributed by atoms with Crippen molar-refractivity contribution in [2.45, 2.75) is 103 Å². The normalized spacial score (nSPS) is 12.1. The van der Waals surface area contributed by atoms with Gasteiger partial charge in [0.15, 0.2) is 49.6 Å². The number of rotatable bonds is 24. The number of nitrogens with one attached hydrogen (secondary N) is 2. The lowest BCUT2D eigenvalue weighted by molar-refractivity contribution is -0.697. The molecule has 9 heterocycles. The largest absolute Gasteiger partial charge is 0.396 e. The lowest BCUT2D eigenvalue weighted by Crippen LogP contribution is -2.32. The Balaban J connectivity index is 1.27. The Hall–Kier alpha value is -6.96. The van der Waals surface area contributed by atoms with Crippen LogP contribution >= 0.6 is 0 Å². The molecule has 0 saturated heterocycles. The molecular formula is C60H70N8O4+4. The van der Waals surface area contributed by atoms with Crippen molar-refractivity contribution in [2.75, 3.05) is 26.4 Å². The molecule has 7 aromatic rings. The molecule has 0 atom stereocenters. The summed E-state index contributed by atoms with van der Waals surface area (Å²) in [5.74, 6) is 0. The number of aliphatic hydroxyl groups excluding tert-OH is 4. The summed E-state index contributed by atoms with van der Waals surface area (Å²) in [6.45, 7) is 4.37. The third kappa shape index (κ3) is 12.2. The van der Waals surface area contributed by atoms with E-state index in [0.29, 0.717) is 0 Å². The minimum absolute atomic E-state index is 0.216. The van der Waals surface area contributed by atoms with Crippen molar-refractivity contribution in [1.29, 1.82) is 0 Å². The van der Waals surface area contributed by atoms with Crippen molar-refractivity contribution in [3.63, 3.8) is 0 Å². The van der Waals surface area contributed by atoms with Gasteiger partial charge in [-0.15, -0.1) is 0 Å². The van der Waals surface area contributed by atoms with Gasteiger partial charge in [-0.25, -0.2) is 28.2 Å². The van der Waals surface area contributed by atoms with E-state index in [4.69, 9.17) is 9.97 Å². The van der Waals surface area contributed by atoms with Crippen molar-refractivity contribution in [1.82, 2.24) is 19.9 Å². The maximum Gasteiger partial charge on any atom is 0.169 e. The van der Waals surface area contributed by atoms with Gasteiger partial charge in [-0.3, -0.25) is 0 Å². The summed E-state index contributed by atoms with van der Waals surface area (Å²) in [5, 5.41) is 37.4. The number of aryl methyl sites for hydroxylation is 4. The van der Waals surface area contributed by atoms with E-state index < -0.39 is 0 Å². The lowest BCUT2D eigenvalue weighted by atomic mass is 10.0. The smallest absolute Gasteiger partial charge is 0.169 e. The van der Waals surface area contributed by atoms with Gasteiger partial charge in [0.1, 0.15) is 26.2 Å². The van der Waals surface area contributed by atoms with E-state index >= 15 is 0 Å². The highest BCUT2D eigenvalue weighted by molar-refractivity contribution is 6.00. The van der Waals surface area contributed by atoms with Gasteiger partial charge >= 0.3 is 0 Å². The molecule has 12 heteroatoms. The van der Waals surface area contributed by atoms with Crippen molar-refractivity contribution in [2.24, 2.45) is 0 Å². The van der Waals surface area contributed by atoms with Crippen LogP contribution in [0.1, 0.15) is 99.8 Å². The number of hydrogen-bond acceptors (Lipinski definition) is 6. The number of unbranched alkanes of at least 4 members (excludes halogenated alkanes) is 8. The van der Waals surface area contributed by atoms with Crippen LogP contribution in [0.4, 0.5) is 0 Å². The maximum absolute atomic E-state index is 9.36. The number of fused-ring (bicyclic) bond motifs is 8. The first kappa shape index (κ1) is 50.0. The standard InChI is InChI=1S/C60H69N8O4/c69-41-9-1-5-29-65-33-21-45(22-34-65)57-49-13-15-51(61-49)58(46-23-35-66(36-24-46)30-6-2-10-42-70)53-17-19-55(63-53)60(48-27-39-68(40-28-48)32-8-4-12-44-72)56-20-18-54(64-56)59(52-16-14-50(57)62-52)47-25-37-67(38-26-47)31-7-3-11-43-71/h13-28,33-40,69-72H,1-12,29-32,41-44H2,(H,61,62,63,64)/q+3/p+1. The molecule has 72 heavy (non-hydrogen) atoms. The number of hydrogen-bond donors (Lipinski definition) is 6. The molecule has 370 valence electrons. The molecule has 7 aromatic heterocycles. The molecule has 8 bridgehead atoms. The molecule has 0 unspecified atom stereocenters. The molecule has 2 aliphatic heterocycles. The Morgan fingerprint density at radius 2 is 0.542 bits per heavy atom. The van der Waals surface area contributed by atoms with Crippen LogP contribution in [-0.4, -0.2) is 66.8 Å². The van der Waals surface area contributed by atoms with Gasteiger partial charge in [0.05, 0.1) is 22.8 Å². The van der Waals surface area contributed by atoms with Crippen LogP contribution in [0.25, 0.3) is 90.9 Å². The Kier molecular flexibility index (Phi) is 17.3. The molecule has 6 N–H and O–H groups in total. The molecule has 12 nitrogen and oxygen atoms in total. The first-order valence-corrected chi connectivity index (χ1v) is 26.1. The van der Waals surface area contributed by atoms with Gasteiger partial charge in [0.2, 0.25) is 0 Å². The predicted molar refractivity (Wildman–Crippen MR) is 285 cm³/mol. The van der Waals surface area contributed by atoms with Crippen molar-refractivity contribution < 1.29 is 38.7 Å². The fraction of sp³-hybridized carbons (Fsp3) is 0.333. The highest BCUT2D eigenvalue weighted by atomic mass is 16.3. The summed E-state index contributed by atoms with van der Waals surface area (Å²) in [6, 6.07) is 26.1. The summed E-state index contributed by atoms with van der Waals surface area (Å²) in [7, 11) is 0. The van der Waals surface area contributed by atoms with Gasteiger partial charge in [-0.1, -0.05) is 0 Å². The van der Waals surface area contributed by atoms with Crippen molar-refractivity contribution >= 4 is 46.4 Å². The van der Waals surface area contributed by atoms with Gasteiger partial charge in [-0.2, -0.15) is 0 Å². The van der Waals surface area contributed by atoms with E-state index in [0.717, 1.165) is 193 Å². The molecule has 0 saturated carbocycles. The fourth-order valence-corrected chi connectivity index (χ4v) is 9.84. The van der Waals surface area contributed by atoms with Crippen LogP contribution < -0.4 is 18.3 Å². The average Bonchev–Trinajstić information content (AvgIpc) is 4.27. The first-order chi connectivity index (χ1) is 35.5. The van der Waals surface area contributed by atoms with Crippen LogP contribution in [0.3, 0.4) is 0 Å². The Bertz CT molecular complexity index is 2970. The topological polar surface area (TPSA) is 154 Å². The number of H-pyrrole nitrogens is 2. The molecule has 0 amide bonds. The molecule has 0 radical (unpaired) electrons.